The Hall–Kier alpha value is -3.74. The summed E-state index contributed by atoms with van der Waals surface area (Å²) >= 11 is 0. The highest BCUT2D eigenvalue weighted by Gasteiger charge is 2.21. The zero-order valence-corrected chi connectivity index (χ0v) is 15.6. The van der Waals surface area contributed by atoms with E-state index in [1.54, 1.807) is 23.7 Å². The van der Waals surface area contributed by atoms with Gasteiger partial charge in [0.15, 0.2) is 11.3 Å². The van der Waals surface area contributed by atoms with E-state index < -0.39 is 5.97 Å². The lowest BCUT2D eigenvalue weighted by molar-refractivity contribution is 0.0520. The summed E-state index contributed by atoms with van der Waals surface area (Å²) < 4.78 is 6.71. The standard InChI is InChI=1S/C21H19N5O2/c1-3-28-20(27)16-12-26-19(24-16)17(15-9-10-23-13(2)11-15)18(25-21(26)22)14-7-5-4-6-8-14/h4-12H,3H2,1-2H3,(H2,22,25). The lowest BCUT2D eigenvalue weighted by Crippen LogP contribution is -2.04. The predicted molar refractivity (Wildman–Crippen MR) is 107 cm³/mol. The van der Waals surface area contributed by atoms with E-state index in [1.165, 1.54) is 0 Å². The van der Waals surface area contributed by atoms with Gasteiger partial charge >= 0.3 is 5.97 Å². The summed E-state index contributed by atoms with van der Waals surface area (Å²) in [5.74, 6) is -0.254. The number of anilines is 1. The lowest BCUT2D eigenvalue weighted by atomic mass is 10.0. The van der Waals surface area contributed by atoms with Gasteiger partial charge in [-0.2, -0.15) is 0 Å². The summed E-state index contributed by atoms with van der Waals surface area (Å²) in [7, 11) is 0. The van der Waals surface area contributed by atoms with Gasteiger partial charge in [0.1, 0.15) is 0 Å². The van der Waals surface area contributed by atoms with Crippen molar-refractivity contribution in [2.75, 3.05) is 12.3 Å². The van der Waals surface area contributed by atoms with Crippen LogP contribution >= 0.6 is 0 Å². The Kier molecular flexibility index (Phi) is 4.49. The average molecular weight is 373 g/mol. The second-order valence-electron chi connectivity index (χ2n) is 6.29. The quantitative estimate of drug-likeness (QED) is 0.550. The third-order valence-electron chi connectivity index (χ3n) is 4.36. The minimum atomic E-state index is -0.497. The molecule has 0 radical (unpaired) electrons. The number of rotatable bonds is 4. The summed E-state index contributed by atoms with van der Waals surface area (Å²) in [6.07, 6.45) is 3.30. The van der Waals surface area contributed by atoms with Gasteiger partial charge in [0, 0.05) is 23.7 Å². The molecular formula is C21H19N5O2. The van der Waals surface area contributed by atoms with Gasteiger partial charge < -0.3 is 10.5 Å². The van der Waals surface area contributed by atoms with Gasteiger partial charge in [0.05, 0.1) is 17.9 Å². The number of benzene rings is 1. The van der Waals surface area contributed by atoms with Crippen LogP contribution in [0.5, 0.6) is 0 Å². The average Bonchev–Trinajstić information content (AvgIpc) is 3.15. The maximum Gasteiger partial charge on any atom is 0.358 e. The minimum absolute atomic E-state index is 0.188. The van der Waals surface area contributed by atoms with Crippen LogP contribution in [0.2, 0.25) is 0 Å². The van der Waals surface area contributed by atoms with E-state index in [1.807, 2.05) is 49.4 Å². The maximum atomic E-state index is 12.2. The largest absolute Gasteiger partial charge is 0.461 e. The van der Waals surface area contributed by atoms with E-state index >= 15 is 0 Å². The molecule has 7 nitrogen and oxygen atoms in total. The third-order valence-corrected chi connectivity index (χ3v) is 4.36. The van der Waals surface area contributed by atoms with Crippen molar-refractivity contribution in [2.24, 2.45) is 0 Å². The molecule has 4 aromatic rings. The van der Waals surface area contributed by atoms with Gasteiger partial charge in [0.25, 0.3) is 0 Å². The molecule has 0 fully saturated rings. The first kappa shape index (κ1) is 17.7. The molecule has 7 heteroatoms. The van der Waals surface area contributed by atoms with Gasteiger partial charge in [-0.25, -0.2) is 14.8 Å². The van der Waals surface area contributed by atoms with Crippen molar-refractivity contribution in [3.05, 3.63) is 66.2 Å². The number of nitrogens with zero attached hydrogens (tertiary/aromatic N) is 4. The van der Waals surface area contributed by atoms with Crippen molar-refractivity contribution >= 4 is 17.6 Å². The molecule has 0 amide bonds. The second kappa shape index (κ2) is 7.11. The molecule has 140 valence electrons. The second-order valence-corrected chi connectivity index (χ2v) is 6.29. The summed E-state index contributed by atoms with van der Waals surface area (Å²) in [5.41, 5.74) is 11.1. The van der Waals surface area contributed by atoms with Gasteiger partial charge in [-0.3, -0.25) is 9.38 Å². The number of esters is 1. The van der Waals surface area contributed by atoms with Crippen LogP contribution < -0.4 is 5.73 Å². The number of hydrogen-bond acceptors (Lipinski definition) is 6. The van der Waals surface area contributed by atoms with Crippen molar-refractivity contribution in [3.63, 3.8) is 0 Å². The summed E-state index contributed by atoms with van der Waals surface area (Å²) in [5, 5.41) is 0. The van der Waals surface area contributed by atoms with Crippen molar-refractivity contribution in [2.45, 2.75) is 13.8 Å². The molecule has 2 N–H and O–H groups in total. The number of pyridine rings is 1. The van der Waals surface area contributed by atoms with Crippen LogP contribution in [0.3, 0.4) is 0 Å². The number of ether oxygens (including phenoxy) is 1. The molecule has 0 unspecified atom stereocenters. The number of carbonyl (C=O) groups excluding carboxylic acids is 1. The SMILES string of the molecule is CCOC(=O)c1cn2c(N)nc(-c3ccccc3)c(-c3ccnc(C)c3)c2n1. The number of nitrogen functional groups attached to an aromatic ring is 1. The number of hydrogen-bond donors (Lipinski definition) is 1. The van der Waals surface area contributed by atoms with E-state index in [2.05, 4.69) is 15.0 Å². The highest BCUT2D eigenvalue weighted by Crippen LogP contribution is 2.35. The Balaban J connectivity index is 2.06. The molecule has 3 heterocycles. The summed E-state index contributed by atoms with van der Waals surface area (Å²) in [6, 6.07) is 13.6. The highest BCUT2D eigenvalue weighted by atomic mass is 16.5. The molecular weight excluding hydrogens is 354 g/mol. The van der Waals surface area contributed by atoms with E-state index in [9.17, 15) is 4.79 Å². The van der Waals surface area contributed by atoms with Crippen LogP contribution in [-0.4, -0.2) is 31.9 Å². The topological polar surface area (TPSA) is 95.4 Å². The van der Waals surface area contributed by atoms with Crippen LogP contribution in [0.1, 0.15) is 23.1 Å². The van der Waals surface area contributed by atoms with Gasteiger partial charge in [-0.05, 0) is 31.5 Å². The molecule has 0 atom stereocenters. The Morgan fingerprint density at radius 1 is 1.14 bits per heavy atom. The van der Waals surface area contributed by atoms with Crippen molar-refractivity contribution in [1.29, 1.82) is 0 Å². The monoisotopic (exact) mass is 373 g/mol. The van der Waals surface area contributed by atoms with Gasteiger partial charge in [0.2, 0.25) is 5.95 Å². The summed E-state index contributed by atoms with van der Waals surface area (Å²) in [6.45, 7) is 3.94. The smallest absolute Gasteiger partial charge is 0.358 e. The first-order chi connectivity index (χ1) is 13.6. The van der Waals surface area contributed by atoms with E-state index in [-0.39, 0.29) is 18.2 Å². The molecule has 0 saturated heterocycles. The first-order valence-corrected chi connectivity index (χ1v) is 8.92. The molecule has 28 heavy (non-hydrogen) atoms. The van der Waals surface area contributed by atoms with E-state index in [0.717, 1.165) is 22.4 Å². The van der Waals surface area contributed by atoms with Gasteiger partial charge in [-0.1, -0.05) is 30.3 Å². The Morgan fingerprint density at radius 3 is 2.64 bits per heavy atom. The number of nitrogens with two attached hydrogens (primary N) is 1. The number of fused-ring (bicyclic) bond motifs is 1. The van der Waals surface area contributed by atoms with E-state index in [4.69, 9.17) is 10.5 Å². The number of aryl methyl sites for hydroxylation is 1. The normalized spacial score (nSPS) is 10.9. The third kappa shape index (κ3) is 3.07. The zero-order chi connectivity index (χ0) is 19.7. The molecule has 3 aromatic heterocycles. The number of carbonyl (C=O) groups is 1. The fraction of sp³-hybridized carbons (Fsp3) is 0.143. The van der Waals surface area contributed by atoms with Crippen LogP contribution in [0, 0.1) is 6.92 Å². The van der Waals surface area contributed by atoms with Crippen LogP contribution in [0.25, 0.3) is 28.0 Å². The summed E-state index contributed by atoms with van der Waals surface area (Å²) in [4.78, 5) is 25.6. The van der Waals surface area contributed by atoms with Crippen molar-refractivity contribution < 1.29 is 9.53 Å². The molecule has 0 bridgehead atoms. The van der Waals surface area contributed by atoms with Gasteiger partial charge in [-0.15, -0.1) is 0 Å². The highest BCUT2D eigenvalue weighted by molar-refractivity contribution is 5.94. The molecule has 4 rings (SSSR count). The molecule has 1 aromatic carbocycles. The molecule has 0 aliphatic rings. The lowest BCUT2D eigenvalue weighted by Gasteiger charge is -2.13. The number of aromatic nitrogens is 4. The van der Waals surface area contributed by atoms with Crippen molar-refractivity contribution in [3.8, 4) is 22.4 Å². The van der Waals surface area contributed by atoms with Crippen molar-refractivity contribution in [1.82, 2.24) is 19.4 Å². The fourth-order valence-corrected chi connectivity index (χ4v) is 3.14. The predicted octanol–water partition coefficient (Wildman–Crippen LogP) is 3.53. The van der Waals surface area contributed by atoms with Crippen LogP contribution in [0.15, 0.2) is 54.9 Å². The minimum Gasteiger partial charge on any atom is -0.461 e. The van der Waals surface area contributed by atoms with Crippen LogP contribution in [-0.2, 0) is 4.74 Å². The van der Waals surface area contributed by atoms with E-state index in [0.29, 0.717) is 11.3 Å². The molecule has 0 saturated carbocycles. The number of imidazole rings is 1. The molecule has 0 spiro atoms. The Bertz CT molecular complexity index is 1170. The Labute approximate surface area is 161 Å². The maximum absolute atomic E-state index is 12.2. The molecule has 0 aliphatic heterocycles. The fourth-order valence-electron chi connectivity index (χ4n) is 3.14. The Morgan fingerprint density at radius 2 is 1.93 bits per heavy atom. The van der Waals surface area contributed by atoms with Crippen LogP contribution in [0.4, 0.5) is 5.95 Å². The molecule has 0 aliphatic carbocycles. The zero-order valence-electron chi connectivity index (χ0n) is 15.6. The first-order valence-electron chi connectivity index (χ1n) is 8.92.